The Labute approximate surface area is 188 Å². The van der Waals surface area contributed by atoms with Gasteiger partial charge in [0.05, 0.1) is 21.7 Å². The van der Waals surface area contributed by atoms with Crippen LogP contribution >= 0.6 is 11.6 Å². The number of hydrogen-bond donors (Lipinski definition) is 3. The van der Waals surface area contributed by atoms with Gasteiger partial charge in [0.2, 0.25) is 0 Å². The quantitative estimate of drug-likeness (QED) is 0.437. The van der Waals surface area contributed by atoms with Crippen molar-refractivity contribution in [2.45, 2.75) is 44.8 Å². The molecule has 2 aromatic carbocycles. The normalized spacial score (nSPS) is 19.2. The van der Waals surface area contributed by atoms with Gasteiger partial charge in [0.15, 0.2) is 5.82 Å². The first-order valence-corrected chi connectivity index (χ1v) is 10.9. The summed E-state index contributed by atoms with van der Waals surface area (Å²) in [4.78, 5) is 12.5. The van der Waals surface area contributed by atoms with Gasteiger partial charge < -0.3 is 10.6 Å². The molecule has 3 aromatic rings. The molecule has 0 radical (unpaired) electrons. The molecule has 1 aliphatic rings. The maximum atomic E-state index is 13.0. The van der Waals surface area contributed by atoms with Gasteiger partial charge in [-0.1, -0.05) is 17.7 Å². The van der Waals surface area contributed by atoms with Gasteiger partial charge in [-0.05, 0) is 74.4 Å². The highest BCUT2D eigenvalue weighted by Gasteiger charge is 2.32. The molecular formula is C23H24ClF3N4O. The average molecular weight is 465 g/mol. The van der Waals surface area contributed by atoms with Gasteiger partial charge >= 0.3 is 6.18 Å². The predicted octanol–water partition coefficient (Wildman–Crippen LogP) is 5.94. The lowest BCUT2D eigenvalue weighted by molar-refractivity contribution is -0.137. The Morgan fingerprint density at radius 2 is 1.91 bits per heavy atom. The molecule has 1 heterocycles. The third kappa shape index (κ3) is 5.01. The number of aromatic nitrogens is 2. The third-order valence-electron chi connectivity index (χ3n) is 6.00. The largest absolute Gasteiger partial charge is 0.416 e. The Morgan fingerprint density at radius 3 is 2.62 bits per heavy atom. The lowest BCUT2D eigenvalue weighted by Crippen LogP contribution is -2.38. The first-order chi connectivity index (χ1) is 15.2. The summed E-state index contributed by atoms with van der Waals surface area (Å²) in [7, 11) is 0. The SMILES string of the molecule is Cc1ccc2c(NCC3CCC(NC(=O)c4cc(C(F)(F)F)ccc4Cl)CC3)n[nH]c2c1. The van der Waals surface area contributed by atoms with Gasteiger partial charge in [-0.15, -0.1) is 0 Å². The number of rotatable bonds is 5. The number of nitrogens with zero attached hydrogens (tertiary/aromatic N) is 1. The Kier molecular flexibility index (Phi) is 6.33. The zero-order valence-electron chi connectivity index (χ0n) is 17.5. The highest BCUT2D eigenvalue weighted by Crippen LogP contribution is 2.32. The molecule has 32 heavy (non-hydrogen) atoms. The Balaban J connectivity index is 1.30. The van der Waals surface area contributed by atoms with Crippen LogP contribution in [0.4, 0.5) is 19.0 Å². The van der Waals surface area contributed by atoms with E-state index in [2.05, 4.69) is 26.9 Å². The van der Waals surface area contributed by atoms with E-state index in [1.807, 2.05) is 19.1 Å². The molecule has 1 fully saturated rings. The highest BCUT2D eigenvalue weighted by molar-refractivity contribution is 6.33. The van der Waals surface area contributed by atoms with E-state index in [1.165, 1.54) is 5.56 Å². The molecule has 0 atom stereocenters. The van der Waals surface area contributed by atoms with Crippen molar-refractivity contribution in [3.8, 4) is 0 Å². The summed E-state index contributed by atoms with van der Waals surface area (Å²) in [6, 6.07) is 8.86. The number of H-pyrrole nitrogens is 1. The van der Waals surface area contributed by atoms with E-state index < -0.39 is 17.6 Å². The number of anilines is 1. The summed E-state index contributed by atoms with van der Waals surface area (Å²) in [5, 5.41) is 14.7. The van der Waals surface area contributed by atoms with Crippen LogP contribution in [0.25, 0.3) is 10.9 Å². The number of alkyl halides is 3. The maximum absolute atomic E-state index is 13.0. The number of amides is 1. The molecule has 0 aliphatic heterocycles. The number of hydrogen-bond acceptors (Lipinski definition) is 3. The molecule has 1 saturated carbocycles. The lowest BCUT2D eigenvalue weighted by Gasteiger charge is -2.29. The lowest BCUT2D eigenvalue weighted by atomic mass is 9.86. The second-order valence-corrected chi connectivity index (χ2v) is 8.79. The monoisotopic (exact) mass is 464 g/mol. The minimum Gasteiger partial charge on any atom is -0.368 e. The van der Waals surface area contributed by atoms with Crippen molar-refractivity contribution >= 4 is 34.2 Å². The number of benzene rings is 2. The number of aryl methyl sites for hydroxylation is 1. The molecule has 1 aliphatic carbocycles. The Hall–Kier alpha value is -2.74. The molecule has 3 N–H and O–H groups in total. The van der Waals surface area contributed by atoms with E-state index in [0.29, 0.717) is 5.92 Å². The van der Waals surface area contributed by atoms with E-state index >= 15 is 0 Å². The smallest absolute Gasteiger partial charge is 0.368 e. The minimum absolute atomic E-state index is 0.00908. The van der Waals surface area contributed by atoms with Crippen LogP contribution in [0.3, 0.4) is 0 Å². The van der Waals surface area contributed by atoms with E-state index in [1.54, 1.807) is 0 Å². The van der Waals surface area contributed by atoms with Gasteiger partial charge in [-0.25, -0.2) is 0 Å². The molecule has 9 heteroatoms. The van der Waals surface area contributed by atoms with Crippen molar-refractivity contribution in [1.29, 1.82) is 0 Å². The van der Waals surface area contributed by atoms with Crippen LogP contribution < -0.4 is 10.6 Å². The number of nitrogens with one attached hydrogen (secondary N) is 3. The molecular weight excluding hydrogens is 441 g/mol. The Bertz CT molecular complexity index is 1120. The number of fused-ring (bicyclic) bond motifs is 1. The van der Waals surface area contributed by atoms with Crippen molar-refractivity contribution in [3.63, 3.8) is 0 Å². The molecule has 5 nitrogen and oxygen atoms in total. The van der Waals surface area contributed by atoms with Gasteiger partial charge in [0, 0.05) is 18.0 Å². The van der Waals surface area contributed by atoms with Crippen LogP contribution in [0.1, 0.15) is 47.2 Å². The predicted molar refractivity (Wildman–Crippen MR) is 119 cm³/mol. The number of aromatic amines is 1. The minimum atomic E-state index is -4.52. The van der Waals surface area contributed by atoms with Crippen molar-refractivity contribution in [3.05, 3.63) is 58.1 Å². The third-order valence-corrected chi connectivity index (χ3v) is 6.33. The van der Waals surface area contributed by atoms with Crippen molar-refractivity contribution < 1.29 is 18.0 Å². The number of halogens is 4. The molecule has 1 amide bonds. The molecule has 4 rings (SSSR count). The first-order valence-electron chi connectivity index (χ1n) is 10.6. The van der Waals surface area contributed by atoms with Crippen LogP contribution in [0.5, 0.6) is 0 Å². The van der Waals surface area contributed by atoms with Crippen LogP contribution in [0.2, 0.25) is 5.02 Å². The van der Waals surface area contributed by atoms with Crippen molar-refractivity contribution in [2.75, 3.05) is 11.9 Å². The first kappa shape index (κ1) is 22.5. The fourth-order valence-corrected chi connectivity index (χ4v) is 4.36. The summed E-state index contributed by atoms with van der Waals surface area (Å²) in [5.74, 6) is 0.688. The molecule has 1 aromatic heterocycles. The number of carbonyl (C=O) groups is 1. The van der Waals surface area contributed by atoms with Gasteiger partial charge in [0.1, 0.15) is 0 Å². The summed E-state index contributed by atoms with van der Waals surface area (Å²) >= 11 is 5.98. The molecule has 170 valence electrons. The second-order valence-electron chi connectivity index (χ2n) is 8.39. The zero-order valence-corrected chi connectivity index (χ0v) is 18.3. The second kappa shape index (κ2) is 9.02. The fraction of sp³-hybridized carbons (Fsp3) is 0.391. The molecule has 0 saturated heterocycles. The summed E-state index contributed by atoms with van der Waals surface area (Å²) in [6.07, 6.45) is -1.21. The van der Waals surface area contributed by atoms with Crippen molar-refractivity contribution in [2.24, 2.45) is 5.92 Å². The Morgan fingerprint density at radius 1 is 1.16 bits per heavy atom. The highest BCUT2D eigenvalue weighted by atomic mass is 35.5. The van der Waals surface area contributed by atoms with E-state index in [9.17, 15) is 18.0 Å². The summed E-state index contributed by atoms with van der Waals surface area (Å²) in [6.45, 7) is 2.81. The van der Waals surface area contributed by atoms with Crippen LogP contribution in [-0.2, 0) is 6.18 Å². The van der Waals surface area contributed by atoms with E-state index in [4.69, 9.17) is 11.6 Å². The number of carbonyl (C=O) groups excluding carboxylic acids is 1. The van der Waals surface area contributed by atoms with Crippen LogP contribution in [0.15, 0.2) is 36.4 Å². The van der Waals surface area contributed by atoms with Crippen molar-refractivity contribution in [1.82, 2.24) is 15.5 Å². The van der Waals surface area contributed by atoms with E-state index in [0.717, 1.165) is 67.1 Å². The van der Waals surface area contributed by atoms with Gasteiger partial charge in [0.25, 0.3) is 5.91 Å². The van der Waals surface area contributed by atoms with Crippen LogP contribution in [0, 0.1) is 12.8 Å². The fourth-order valence-electron chi connectivity index (χ4n) is 4.16. The standard InChI is InChI=1S/C23H24ClF3N4O/c1-13-2-8-17-20(10-13)30-31-21(17)28-12-14-3-6-16(7-4-14)29-22(32)18-11-15(23(25,26)27)5-9-19(18)24/h2,5,8-11,14,16H,3-4,6-7,12H2,1H3,(H,29,32)(H2,28,30,31). The maximum Gasteiger partial charge on any atom is 0.416 e. The average Bonchev–Trinajstić information content (AvgIpc) is 3.14. The zero-order chi connectivity index (χ0) is 22.9. The van der Waals surface area contributed by atoms with Crippen LogP contribution in [-0.4, -0.2) is 28.7 Å². The summed E-state index contributed by atoms with van der Waals surface area (Å²) in [5.41, 5.74) is 1.13. The molecule has 0 unspecified atom stereocenters. The van der Waals surface area contributed by atoms with Gasteiger partial charge in [-0.2, -0.15) is 18.3 Å². The summed E-state index contributed by atoms with van der Waals surface area (Å²) < 4.78 is 38.9. The van der Waals surface area contributed by atoms with Gasteiger partial charge in [-0.3, -0.25) is 9.89 Å². The molecule has 0 spiro atoms. The topological polar surface area (TPSA) is 69.8 Å². The van der Waals surface area contributed by atoms with E-state index in [-0.39, 0.29) is 16.6 Å². The molecule has 0 bridgehead atoms.